The number of carbonyl (C=O) groups is 4. The molecule has 8 nitrogen and oxygen atoms in total. The van der Waals surface area contributed by atoms with Crippen LogP contribution in [0, 0.1) is 5.92 Å². The van der Waals surface area contributed by atoms with Crippen LogP contribution >= 0.6 is 0 Å². The molecule has 2 heterocycles. The van der Waals surface area contributed by atoms with E-state index < -0.39 is 5.92 Å². The molecule has 0 saturated carbocycles. The molecule has 208 valence electrons. The van der Waals surface area contributed by atoms with Gasteiger partial charge in [-0.1, -0.05) is 67.6 Å². The van der Waals surface area contributed by atoms with Crippen LogP contribution < -0.4 is 19.6 Å². The van der Waals surface area contributed by atoms with Crippen LogP contribution in [-0.2, 0) is 0 Å². The van der Waals surface area contributed by atoms with E-state index in [9.17, 15) is 19.2 Å². The topological polar surface area (TPSA) is 105 Å². The first-order valence-electron chi connectivity index (χ1n) is 13.4. The van der Waals surface area contributed by atoms with Gasteiger partial charge in [0.15, 0.2) is 46.1 Å². The van der Waals surface area contributed by atoms with Crippen molar-refractivity contribution in [1.29, 1.82) is 0 Å². The minimum absolute atomic E-state index is 0.215. The number of benzene rings is 4. The predicted molar refractivity (Wildman–Crippen MR) is 151 cm³/mol. The first-order chi connectivity index (χ1) is 20.4. The number of allylic oxidation sites excluding steroid dienone is 2. The van der Waals surface area contributed by atoms with Crippen molar-refractivity contribution in [3.05, 3.63) is 130 Å². The fourth-order valence-corrected chi connectivity index (χ4v) is 4.83. The van der Waals surface area contributed by atoms with E-state index in [2.05, 4.69) is 0 Å². The summed E-state index contributed by atoms with van der Waals surface area (Å²) >= 11 is 0. The third kappa shape index (κ3) is 5.06. The Morgan fingerprint density at radius 1 is 0.571 bits per heavy atom. The van der Waals surface area contributed by atoms with Gasteiger partial charge >= 0.3 is 0 Å². The Kier molecular flexibility index (Phi) is 7.10. The normalized spacial score (nSPS) is 12.4. The summed E-state index contributed by atoms with van der Waals surface area (Å²) in [6.07, 6.45) is 4.70. The molecule has 4 bridgehead atoms. The highest BCUT2D eigenvalue weighted by Crippen LogP contribution is 2.34. The molecule has 0 N–H and O–H groups in total. The summed E-state index contributed by atoms with van der Waals surface area (Å²) in [6.45, 7) is 1.97. The summed E-state index contributed by atoms with van der Waals surface area (Å²) in [7, 11) is 0. The number of ketones is 4. The number of rotatable bonds is 11. The van der Waals surface area contributed by atoms with E-state index in [1.807, 2.05) is 19.1 Å². The van der Waals surface area contributed by atoms with Crippen molar-refractivity contribution in [1.82, 2.24) is 0 Å². The fraction of sp³-hybridized carbons (Fsp3) is 0.118. The Morgan fingerprint density at radius 2 is 1.00 bits per heavy atom. The number of hydrogen-bond acceptors (Lipinski definition) is 8. The smallest absolute Gasteiger partial charge is 0.196 e. The molecule has 0 aromatic heterocycles. The molecule has 42 heavy (non-hydrogen) atoms. The summed E-state index contributed by atoms with van der Waals surface area (Å²) in [5.74, 6) is -0.559. The standard InChI is InChI=1S/C34H24O8/c1-2-3-4-5-28(33(37)22-10-6-20(7-11-22)31(35)26-16-14-24-18-29(26)41-39-24)34(38)23-12-8-21(9-13-23)32(36)27-17-15-25-19-30(27)42-40-25/h3-4,6-19,28H,2,5H2,1H3/b4-3+. The van der Waals surface area contributed by atoms with Crippen LogP contribution in [0.25, 0.3) is 0 Å². The Labute approximate surface area is 241 Å². The van der Waals surface area contributed by atoms with Crippen molar-refractivity contribution in [2.45, 2.75) is 19.8 Å². The molecule has 6 rings (SSSR count). The SMILES string of the molecule is CC/C=C/CC(C(=O)c1ccc(C(=O)c2ccc3cc2OO3)cc1)C(=O)c1ccc(C(=O)c2ccc3cc2OO3)cc1. The lowest BCUT2D eigenvalue weighted by Gasteiger charge is -2.14. The Hall–Kier alpha value is -5.50. The molecular formula is C34H24O8. The van der Waals surface area contributed by atoms with Crippen molar-refractivity contribution < 1.29 is 38.7 Å². The lowest BCUT2D eigenvalue weighted by atomic mass is 9.86. The monoisotopic (exact) mass is 560 g/mol. The molecule has 2 aliphatic heterocycles. The summed E-state index contributed by atoms with van der Waals surface area (Å²) in [4.78, 5) is 73.3. The average molecular weight is 561 g/mol. The van der Waals surface area contributed by atoms with Crippen LogP contribution in [0.2, 0.25) is 0 Å². The maximum Gasteiger partial charge on any atom is 0.196 e. The molecule has 2 aliphatic rings. The summed E-state index contributed by atoms with van der Waals surface area (Å²) in [6, 6.07) is 22.2. The Bertz CT molecular complexity index is 1630. The largest absolute Gasteiger partial charge is 0.293 e. The maximum absolute atomic E-state index is 13.6. The highest BCUT2D eigenvalue weighted by molar-refractivity contribution is 6.17. The van der Waals surface area contributed by atoms with E-state index in [0.29, 0.717) is 56.4 Å². The molecule has 8 heteroatoms. The summed E-state index contributed by atoms with van der Waals surface area (Å²) in [5.41, 5.74) is 2.04. The molecule has 0 aliphatic carbocycles. The number of fused-ring (bicyclic) bond motifs is 4. The van der Waals surface area contributed by atoms with Crippen molar-refractivity contribution in [3.8, 4) is 23.0 Å². The molecular weight excluding hydrogens is 536 g/mol. The molecule has 0 saturated heterocycles. The first kappa shape index (κ1) is 26.7. The van der Waals surface area contributed by atoms with E-state index >= 15 is 0 Å². The second-order valence-corrected chi connectivity index (χ2v) is 9.86. The Morgan fingerprint density at radius 3 is 1.43 bits per heavy atom. The minimum atomic E-state index is -0.978. The zero-order valence-corrected chi connectivity index (χ0v) is 22.5. The van der Waals surface area contributed by atoms with Crippen molar-refractivity contribution in [2.75, 3.05) is 0 Å². The lowest BCUT2D eigenvalue weighted by molar-refractivity contribution is -0.0849. The molecule has 0 unspecified atom stereocenters. The van der Waals surface area contributed by atoms with Gasteiger partial charge in [0.25, 0.3) is 0 Å². The van der Waals surface area contributed by atoms with Gasteiger partial charge in [-0.25, -0.2) is 0 Å². The summed E-state index contributed by atoms with van der Waals surface area (Å²) < 4.78 is 0. The quantitative estimate of drug-likeness (QED) is 0.0879. The van der Waals surface area contributed by atoms with Gasteiger partial charge in [-0.15, -0.1) is 0 Å². The molecule has 0 spiro atoms. The number of carbonyl (C=O) groups excluding carboxylic acids is 4. The zero-order chi connectivity index (χ0) is 29.2. The van der Waals surface area contributed by atoms with Crippen LogP contribution in [0.4, 0.5) is 0 Å². The maximum atomic E-state index is 13.6. The second kappa shape index (κ2) is 11.2. The van der Waals surface area contributed by atoms with E-state index in [1.54, 1.807) is 84.9 Å². The van der Waals surface area contributed by atoms with Crippen molar-refractivity contribution >= 4 is 23.1 Å². The predicted octanol–water partition coefficient (Wildman–Crippen LogP) is 6.56. The van der Waals surface area contributed by atoms with Gasteiger partial charge in [0.05, 0.1) is 17.0 Å². The lowest BCUT2D eigenvalue weighted by Crippen LogP contribution is -2.24. The zero-order valence-electron chi connectivity index (χ0n) is 22.5. The number of hydrogen-bond donors (Lipinski definition) is 0. The van der Waals surface area contributed by atoms with Gasteiger partial charge in [-0.05, 0) is 37.1 Å². The van der Waals surface area contributed by atoms with Gasteiger partial charge in [-0.2, -0.15) is 0 Å². The minimum Gasteiger partial charge on any atom is -0.293 e. The third-order valence-electron chi connectivity index (χ3n) is 7.12. The van der Waals surface area contributed by atoms with Crippen LogP contribution in [0.15, 0.2) is 97.1 Å². The molecule has 0 amide bonds. The van der Waals surface area contributed by atoms with Crippen LogP contribution in [-0.4, -0.2) is 23.1 Å². The van der Waals surface area contributed by atoms with E-state index in [1.165, 1.54) is 0 Å². The highest BCUT2D eigenvalue weighted by Gasteiger charge is 2.29. The van der Waals surface area contributed by atoms with Gasteiger partial charge in [-0.3, -0.25) is 38.7 Å². The molecule has 4 aromatic carbocycles. The molecule has 0 atom stereocenters. The first-order valence-corrected chi connectivity index (χ1v) is 13.4. The van der Waals surface area contributed by atoms with Crippen LogP contribution in [0.5, 0.6) is 23.0 Å². The highest BCUT2D eigenvalue weighted by atomic mass is 17.2. The van der Waals surface area contributed by atoms with Gasteiger partial charge in [0.1, 0.15) is 0 Å². The summed E-state index contributed by atoms with van der Waals surface area (Å²) in [5, 5.41) is 0. The molecule has 0 radical (unpaired) electrons. The van der Waals surface area contributed by atoms with Gasteiger partial charge < -0.3 is 0 Å². The van der Waals surface area contributed by atoms with Gasteiger partial charge in [0.2, 0.25) is 0 Å². The fourth-order valence-electron chi connectivity index (χ4n) is 4.83. The Balaban J connectivity index is 1.21. The van der Waals surface area contributed by atoms with E-state index in [4.69, 9.17) is 19.6 Å². The van der Waals surface area contributed by atoms with Crippen molar-refractivity contribution in [2.24, 2.45) is 5.92 Å². The van der Waals surface area contributed by atoms with Crippen LogP contribution in [0.1, 0.15) is 72.3 Å². The third-order valence-corrected chi connectivity index (χ3v) is 7.12. The van der Waals surface area contributed by atoms with E-state index in [0.717, 1.165) is 6.42 Å². The van der Waals surface area contributed by atoms with Gasteiger partial charge in [0, 0.05) is 34.4 Å². The molecule has 0 fully saturated rings. The van der Waals surface area contributed by atoms with E-state index in [-0.39, 0.29) is 29.6 Å². The van der Waals surface area contributed by atoms with Crippen molar-refractivity contribution in [3.63, 3.8) is 0 Å². The second-order valence-electron chi connectivity index (χ2n) is 9.86. The molecule has 4 aromatic rings. The number of Topliss-reactive ketones (excluding diaryl/α,β-unsaturated/α-hetero) is 2. The average Bonchev–Trinajstić information content (AvgIpc) is 3.60. The van der Waals surface area contributed by atoms with Crippen LogP contribution in [0.3, 0.4) is 0 Å².